The molecule has 4 rings (SSSR count). The molecule has 11 nitrogen and oxygen atoms in total. The van der Waals surface area contributed by atoms with Gasteiger partial charge in [0.15, 0.2) is 5.82 Å². The van der Waals surface area contributed by atoms with Gasteiger partial charge in [0.25, 0.3) is 5.95 Å². The number of hydrogen-bond acceptors (Lipinski definition) is 9. The molecule has 0 saturated heterocycles. The fourth-order valence-corrected chi connectivity index (χ4v) is 2.97. The molecule has 1 aliphatic carbocycles. The maximum absolute atomic E-state index is 12.3. The molecule has 124 valence electrons. The Bertz CT molecular complexity index is 948. The molecule has 0 spiro atoms. The molecule has 0 aromatic carbocycles. The van der Waals surface area contributed by atoms with Gasteiger partial charge in [0.05, 0.1) is 0 Å². The number of sulfonamides is 1. The highest BCUT2D eigenvalue weighted by molar-refractivity contribution is 7.91. The summed E-state index contributed by atoms with van der Waals surface area (Å²) in [5, 5.41) is 7.62. The van der Waals surface area contributed by atoms with E-state index in [0.29, 0.717) is 5.89 Å². The van der Waals surface area contributed by atoms with E-state index in [0.717, 1.165) is 12.8 Å². The molecular formula is C12H12N8O3S. The lowest BCUT2D eigenvalue weighted by atomic mass is 10.4. The van der Waals surface area contributed by atoms with E-state index in [1.807, 2.05) is 0 Å². The van der Waals surface area contributed by atoms with Crippen LogP contribution >= 0.6 is 0 Å². The molecule has 3 aromatic rings. The highest BCUT2D eigenvalue weighted by atomic mass is 32.2. The normalized spacial score (nSPS) is 14.7. The predicted molar refractivity (Wildman–Crippen MR) is 79.5 cm³/mol. The van der Waals surface area contributed by atoms with Crippen molar-refractivity contribution in [2.75, 3.05) is 4.72 Å². The predicted octanol–water partition coefficient (Wildman–Crippen LogP) is 0.260. The van der Waals surface area contributed by atoms with Crippen LogP contribution in [0.3, 0.4) is 0 Å². The summed E-state index contributed by atoms with van der Waals surface area (Å²) in [5.74, 6) is 0.606. The second-order valence-corrected chi connectivity index (χ2v) is 6.95. The maximum Gasteiger partial charge on any atom is 0.253 e. The third-order valence-corrected chi connectivity index (χ3v) is 4.40. The number of rotatable bonds is 6. The summed E-state index contributed by atoms with van der Waals surface area (Å²) in [7, 11) is -3.79. The average Bonchev–Trinajstić information content (AvgIpc) is 3.15. The lowest BCUT2D eigenvalue weighted by Gasteiger charge is -2.06. The van der Waals surface area contributed by atoms with Gasteiger partial charge in [-0.1, -0.05) is 5.16 Å². The van der Waals surface area contributed by atoms with Crippen molar-refractivity contribution >= 4 is 16.0 Å². The van der Waals surface area contributed by atoms with E-state index in [-0.39, 0.29) is 23.6 Å². The number of nitrogens with one attached hydrogen (secondary N) is 1. The molecule has 0 atom stereocenters. The Balaban J connectivity index is 1.52. The van der Waals surface area contributed by atoms with Crippen LogP contribution in [0.15, 0.2) is 29.3 Å². The summed E-state index contributed by atoms with van der Waals surface area (Å²) >= 11 is 0. The first kappa shape index (κ1) is 14.7. The van der Waals surface area contributed by atoms with Crippen molar-refractivity contribution in [3.8, 4) is 5.95 Å². The van der Waals surface area contributed by atoms with Crippen molar-refractivity contribution in [3.63, 3.8) is 0 Å². The third kappa shape index (κ3) is 3.08. The first-order valence-electron chi connectivity index (χ1n) is 7.11. The molecule has 1 aliphatic rings. The summed E-state index contributed by atoms with van der Waals surface area (Å²) in [5.41, 5.74) is 0. The lowest BCUT2D eigenvalue weighted by Crippen LogP contribution is -2.19. The van der Waals surface area contributed by atoms with Gasteiger partial charge in [-0.25, -0.2) is 18.4 Å². The Hall–Kier alpha value is -2.89. The molecule has 0 amide bonds. The van der Waals surface area contributed by atoms with E-state index in [1.165, 1.54) is 23.4 Å². The average molecular weight is 348 g/mol. The van der Waals surface area contributed by atoms with Gasteiger partial charge >= 0.3 is 0 Å². The topological polar surface area (TPSA) is 142 Å². The van der Waals surface area contributed by atoms with Crippen molar-refractivity contribution in [1.29, 1.82) is 0 Å². The standard InChI is InChI=1S/C12H12N8O3S/c21-24(22,6-9-17-10(23-18-9)8-2-3-8)19-12-15-7-16-20(12)11-13-4-1-5-14-11/h1,4-5,7-8H,2-3,6H2,(H,15,16,19). The minimum atomic E-state index is -3.79. The minimum Gasteiger partial charge on any atom is -0.339 e. The zero-order valence-electron chi connectivity index (χ0n) is 12.3. The highest BCUT2D eigenvalue weighted by Crippen LogP contribution is 2.38. The molecule has 3 aromatic heterocycles. The van der Waals surface area contributed by atoms with Crippen LogP contribution in [0.2, 0.25) is 0 Å². The van der Waals surface area contributed by atoms with Crippen molar-refractivity contribution in [3.05, 3.63) is 36.5 Å². The fourth-order valence-electron chi connectivity index (χ4n) is 2.03. The Morgan fingerprint density at radius 3 is 2.79 bits per heavy atom. The molecule has 1 N–H and O–H groups in total. The van der Waals surface area contributed by atoms with Crippen molar-refractivity contribution in [2.45, 2.75) is 24.5 Å². The van der Waals surface area contributed by atoms with Crippen LogP contribution in [-0.4, -0.2) is 43.3 Å². The summed E-state index contributed by atoms with van der Waals surface area (Å²) in [6.07, 6.45) is 6.22. The van der Waals surface area contributed by atoms with Crippen LogP contribution < -0.4 is 4.72 Å². The molecule has 1 saturated carbocycles. The van der Waals surface area contributed by atoms with E-state index < -0.39 is 15.8 Å². The maximum atomic E-state index is 12.3. The quantitative estimate of drug-likeness (QED) is 0.663. The molecule has 24 heavy (non-hydrogen) atoms. The number of hydrogen-bond donors (Lipinski definition) is 1. The highest BCUT2D eigenvalue weighted by Gasteiger charge is 2.30. The van der Waals surface area contributed by atoms with Gasteiger partial charge in [-0.05, 0) is 18.9 Å². The Kier molecular flexibility index (Phi) is 3.45. The first-order valence-corrected chi connectivity index (χ1v) is 8.76. The van der Waals surface area contributed by atoms with Crippen LogP contribution in [-0.2, 0) is 15.8 Å². The van der Waals surface area contributed by atoms with Gasteiger partial charge in [0.2, 0.25) is 21.9 Å². The van der Waals surface area contributed by atoms with Gasteiger partial charge in [-0.3, -0.25) is 4.72 Å². The van der Waals surface area contributed by atoms with Crippen molar-refractivity contribution < 1.29 is 12.9 Å². The van der Waals surface area contributed by atoms with E-state index in [1.54, 1.807) is 6.07 Å². The van der Waals surface area contributed by atoms with Gasteiger partial charge in [-0.2, -0.15) is 19.7 Å². The van der Waals surface area contributed by atoms with E-state index in [4.69, 9.17) is 4.52 Å². The monoisotopic (exact) mass is 348 g/mol. The number of nitrogens with zero attached hydrogens (tertiary/aromatic N) is 7. The zero-order chi connectivity index (χ0) is 16.6. The zero-order valence-corrected chi connectivity index (χ0v) is 13.1. The van der Waals surface area contributed by atoms with Gasteiger partial charge in [-0.15, -0.1) is 0 Å². The molecule has 12 heteroatoms. The van der Waals surface area contributed by atoms with Crippen LogP contribution in [0.4, 0.5) is 5.95 Å². The SMILES string of the molecule is O=S(=O)(Cc1noc(C2CC2)n1)Nc1ncnn1-c1ncccn1. The minimum absolute atomic E-state index is 0.0212. The van der Waals surface area contributed by atoms with E-state index >= 15 is 0 Å². The van der Waals surface area contributed by atoms with Crippen LogP contribution in [0, 0.1) is 0 Å². The molecule has 0 unspecified atom stereocenters. The molecular weight excluding hydrogens is 336 g/mol. The molecule has 1 fully saturated rings. The smallest absolute Gasteiger partial charge is 0.253 e. The Labute approximate surface area is 136 Å². The van der Waals surface area contributed by atoms with Crippen LogP contribution in [0.25, 0.3) is 5.95 Å². The lowest BCUT2D eigenvalue weighted by molar-refractivity contribution is 0.375. The summed E-state index contributed by atoms with van der Waals surface area (Å²) < 4.78 is 33.1. The van der Waals surface area contributed by atoms with E-state index in [9.17, 15) is 8.42 Å². The number of aromatic nitrogens is 7. The van der Waals surface area contributed by atoms with Crippen LogP contribution in [0.1, 0.15) is 30.5 Å². The summed E-state index contributed by atoms with van der Waals surface area (Å²) in [6.45, 7) is 0. The van der Waals surface area contributed by atoms with Crippen molar-refractivity contribution in [2.24, 2.45) is 0 Å². The van der Waals surface area contributed by atoms with Gasteiger partial charge < -0.3 is 4.52 Å². The molecule has 0 aliphatic heterocycles. The van der Waals surface area contributed by atoms with Gasteiger partial charge in [0.1, 0.15) is 12.1 Å². The summed E-state index contributed by atoms with van der Waals surface area (Å²) in [6, 6.07) is 1.64. The summed E-state index contributed by atoms with van der Waals surface area (Å²) in [4.78, 5) is 16.0. The first-order chi connectivity index (χ1) is 11.6. The Morgan fingerprint density at radius 1 is 1.25 bits per heavy atom. The number of anilines is 1. The Morgan fingerprint density at radius 2 is 2.04 bits per heavy atom. The third-order valence-electron chi connectivity index (χ3n) is 3.27. The molecule has 0 radical (unpaired) electrons. The van der Waals surface area contributed by atoms with Crippen molar-refractivity contribution in [1.82, 2.24) is 34.9 Å². The largest absolute Gasteiger partial charge is 0.339 e. The molecule has 0 bridgehead atoms. The van der Waals surface area contributed by atoms with Gasteiger partial charge in [0, 0.05) is 18.3 Å². The second-order valence-electron chi connectivity index (χ2n) is 5.23. The molecule has 3 heterocycles. The van der Waals surface area contributed by atoms with Crippen LogP contribution in [0.5, 0.6) is 0 Å². The fraction of sp³-hybridized carbons (Fsp3) is 0.333. The second kappa shape index (κ2) is 5.63. The van der Waals surface area contributed by atoms with E-state index in [2.05, 4.69) is 34.9 Å².